The van der Waals surface area contributed by atoms with Crippen molar-refractivity contribution < 1.29 is 9.90 Å². The van der Waals surface area contributed by atoms with E-state index >= 15 is 0 Å². The maximum atomic E-state index is 10.3. The van der Waals surface area contributed by atoms with Crippen LogP contribution in [0, 0.1) is 0 Å². The Morgan fingerprint density at radius 3 is 2.78 bits per heavy atom. The minimum Gasteiger partial charge on any atom is -0.480 e. The van der Waals surface area contributed by atoms with Crippen LogP contribution < -0.4 is 0 Å². The Labute approximate surface area is 65.0 Å². The Hall–Kier alpha value is 0.520. The van der Waals surface area contributed by atoms with Gasteiger partial charge in [-0.2, -0.15) is 0 Å². The minimum absolute atomic E-state index is 0.170. The van der Waals surface area contributed by atoms with E-state index < -0.39 is 5.97 Å². The molecule has 0 amide bonds. The van der Waals surface area contributed by atoms with Crippen molar-refractivity contribution >= 4 is 37.4 Å². The monoisotopic (exact) mass is 182 g/mol. The predicted octanol–water partition coefficient (Wildman–Crippen LogP) is 1.87. The van der Waals surface area contributed by atoms with Crippen LogP contribution in [0.2, 0.25) is 0 Å². The molecule has 1 aliphatic heterocycles. The lowest BCUT2D eigenvalue weighted by molar-refractivity contribution is -0.136. The third kappa shape index (κ3) is 2.31. The lowest BCUT2D eigenvalue weighted by atomic mass is 10.3. The van der Waals surface area contributed by atoms with Crippen LogP contribution in [0.5, 0.6) is 0 Å². The highest BCUT2D eigenvalue weighted by molar-refractivity contribution is 9.09. The average molecular weight is 182 g/mol. The summed E-state index contributed by atoms with van der Waals surface area (Å²) in [6.45, 7) is 0. The van der Waals surface area contributed by atoms with Crippen LogP contribution in [-0.4, -0.2) is 22.1 Å². The number of carbonyl (C=O) groups is 1. The van der Waals surface area contributed by atoms with Crippen molar-refractivity contribution in [2.45, 2.75) is 11.7 Å². The van der Waals surface area contributed by atoms with Crippen LogP contribution in [-0.2, 0) is 4.79 Å². The molecular weight excluding hydrogens is 176 g/mol. The fourth-order valence-corrected chi connectivity index (χ4v) is 4.92. The van der Waals surface area contributed by atoms with Crippen LogP contribution >= 0.6 is 31.4 Å². The summed E-state index contributed by atoms with van der Waals surface area (Å²) in [7, 11) is 4.77. The predicted molar refractivity (Wildman–Crippen MR) is 43.7 cm³/mol. The van der Waals surface area contributed by atoms with Crippen LogP contribution in [0.3, 0.4) is 0 Å². The van der Waals surface area contributed by atoms with Crippen molar-refractivity contribution in [1.29, 1.82) is 0 Å². The summed E-state index contributed by atoms with van der Waals surface area (Å²) in [4.78, 5) is 10.3. The molecule has 0 saturated carbocycles. The molecule has 52 valence electrons. The van der Waals surface area contributed by atoms with Crippen molar-refractivity contribution in [3.05, 3.63) is 0 Å². The first-order chi connectivity index (χ1) is 4.30. The molecule has 1 N–H and O–H groups in total. The summed E-state index contributed by atoms with van der Waals surface area (Å²) in [5.74, 6) is 0.294. The Bertz CT molecular complexity index is 110. The highest BCUT2D eigenvalue weighted by atomic mass is 33.5. The molecule has 0 aromatic carbocycles. The van der Waals surface area contributed by atoms with Gasteiger partial charge in [-0.3, -0.25) is 4.79 Å². The topological polar surface area (TPSA) is 37.3 Å². The molecule has 0 bridgehead atoms. The van der Waals surface area contributed by atoms with Crippen molar-refractivity contribution in [3.63, 3.8) is 0 Å². The molecule has 5 heteroatoms. The molecule has 1 fully saturated rings. The van der Waals surface area contributed by atoms with Crippen LogP contribution in [0.1, 0.15) is 6.42 Å². The molecule has 2 nitrogen and oxygen atoms in total. The molecule has 0 aliphatic carbocycles. The fourth-order valence-electron chi connectivity index (χ4n) is 0.477. The Kier molecular flexibility index (Phi) is 3.08. The van der Waals surface area contributed by atoms with Gasteiger partial charge in [0.25, 0.3) is 0 Å². The van der Waals surface area contributed by atoms with Crippen LogP contribution in [0.25, 0.3) is 0 Å². The normalized spacial score (nSPS) is 27.8. The first-order valence-electron chi connectivity index (χ1n) is 2.48. The first kappa shape index (κ1) is 7.63. The number of rotatable bonds is 1. The Morgan fingerprint density at radius 2 is 2.44 bits per heavy atom. The maximum absolute atomic E-state index is 10.3. The second kappa shape index (κ2) is 3.63. The van der Waals surface area contributed by atoms with Gasteiger partial charge in [0.15, 0.2) is 0 Å². The Balaban J connectivity index is 2.31. The van der Waals surface area contributed by atoms with E-state index in [1.807, 2.05) is 0 Å². The van der Waals surface area contributed by atoms with Gasteiger partial charge in [-0.1, -0.05) is 21.6 Å². The molecule has 0 aromatic heterocycles. The van der Waals surface area contributed by atoms with Gasteiger partial charge in [0.2, 0.25) is 0 Å². The largest absolute Gasteiger partial charge is 0.480 e. The highest BCUT2D eigenvalue weighted by Crippen LogP contribution is 2.44. The van der Waals surface area contributed by atoms with Crippen LogP contribution in [0.15, 0.2) is 0 Å². The van der Waals surface area contributed by atoms with Crippen molar-refractivity contribution in [2.24, 2.45) is 0 Å². The fraction of sp³-hybridized carbons (Fsp3) is 0.750. The number of aliphatic carboxylic acids is 1. The van der Waals surface area contributed by atoms with E-state index in [0.29, 0.717) is 0 Å². The Morgan fingerprint density at radius 1 is 1.67 bits per heavy atom. The van der Waals surface area contributed by atoms with Gasteiger partial charge in [-0.25, -0.2) is 0 Å². The summed E-state index contributed by atoms with van der Waals surface area (Å²) >= 11 is 0. The van der Waals surface area contributed by atoms with E-state index in [-0.39, 0.29) is 5.25 Å². The molecule has 1 heterocycles. The average Bonchev–Trinajstić information content (AvgIpc) is 1.90. The summed E-state index contributed by atoms with van der Waals surface area (Å²) in [6, 6.07) is 0. The lowest BCUT2D eigenvalue weighted by Gasteiger charge is -2.14. The molecule has 1 atom stereocenters. The number of carboxylic acids is 1. The summed E-state index contributed by atoms with van der Waals surface area (Å²) in [5, 5.41) is 8.32. The van der Waals surface area contributed by atoms with Gasteiger partial charge >= 0.3 is 5.97 Å². The van der Waals surface area contributed by atoms with Gasteiger partial charge in [0, 0.05) is 5.75 Å². The number of hydrogen-bond acceptors (Lipinski definition) is 4. The standard InChI is InChI=1S/C4H6O2S3/c5-4(6)3-1-2-7-9-8-3/h3H,1-2H2,(H,5,6). The van der Waals surface area contributed by atoms with Gasteiger partial charge in [0.1, 0.15) is 5.25 Å². The van der Waals surface area contributed by atoms with E-state index in [9.17, 15) is 4.79 Å². The van der Waals surface area contributed by atoms with Gasteiger partial charge in [-0.05, 0) is 16.2 Å². The van der Waals surface area contributed by atoms with Crippen LogP contribution in [0.4, 0.5) is 0 Å². The zero-order valence-corrected chi connectivity index (χ0v) is 7.02. The molecule has 0 aromatic rings. The lowest BCUT2D eigenvalue weighted by Crippen LogP contribution is -2.17. The third-order valence-corrected chi connectivity index (χ3v) is 5.48. The van der Waals surface area contributed by atoms with Crippen molar-refractivity contribution in [1.82, 2.24) is 0 Å². The van der Waals surface area contributed by atoms with E-state index in [4.69, 9.17) is 5.11 Å². The third-order valence-electron chi connectivity index (χ3n) is 0.942. The number of hydrogen-bond donors (Lipinski definition) is 1. The first-order valence-corrected chi connectivity index (χ1v) is 6.20. The van der Waals surface area contributed by atoms with E-state index in [0.717, 1.165) is 12.2 Å². The zero-order valence-electron chi connectivity index (χ0n) is 4.57. The minimum atomic E-state index is -0.673. The smallest absolute Gasteiger partial charge is 0.317 e. The van der Waals surface area contributed by atoms with Gasteiger partial charge in [-0.15, -0.1) is 0 Å². The quantitative estimate of drug-likeness (QED) is 0.627. The molecule has 0 radical (unpaired) electrons. The van der Waals surface area contributed by atoms with E-state index in [1.54, 1.807) is 20.6 Å². The van der Waals surface area contributed by atoms with Crippen molar-refractivity contribution in [3.8, 4) is 0 Å². The van der Waals surface area contributed by atoms with Gasteiger partial charge < -0.3 is 5.11 Å². The molecular formula is C4H6O2S3. The molecule has 1 unspecified atom stereocenters. The van der Waals surface area contributed by atoms with E-state index in [1.165, 1.54) is 10.8 Å². The SMILES string of the molecule is O=C(O)C1CCSSS1. The van der Waals surface area contributed by atoms with Gasteiger partial charge in [0.05, 0.1) is 0 Å². The second-order valence-corrected chi connectivity index (χ2v) is 6.06. The number of carboxylic acid groups (broad SMARTS) is 1. The van der Waals surface area contributed by atoms with Crippen molar-refractivity contribution in [2.75, 3.05) is 5.75 Å². The second-order valence-electron chi connectivity index (χ2n) is 1.60. The summed E-state index contributed by atoms with van der Waals surface area (Å²) in [5.41, 5.74) is 0. The molecule has 1 aliphatic rings. The zero-order chi connectivity index (χ0) is 6.69. The highest BCUT2D eigenvalue weighted by Gasteiger charge is 2.21. The maximum Gasteiger partial charge on any atom is 0.317 e. The molecule has 1 saturated heterocycles. The molecule has 0 spiro atoms. The summed E-state index contributed by atoms with van der Waals surface area (Å²) in [6.07, 6.45) is 0.803. The van der Waals surface area contributed by atoms with E-state index in [2.05, 4.69) is 0 Å². The molecule has 1 rings (SSSR count). The summed E-state index contributed by atoms with van der Waals surface area (Å²) < 4.78 is 0. The molecule has 9 heavy (non-hydrogen) atoms.